The molecule has 0 atom stereocenters. The van der Waals surface area contributed by atoms with Gasteiger partial charge in [-0.25, -0.2) is 0 Å². The molecule has 1 aromatic rings. The molecular formula is C22H32N3O. The van der Waals surface area contributed by atoms with E-state index in [1.54, 1.807) is 0 Å². The van der Waals surface area contributed by atoms with Crippen LogP contribution in [-0.4, -0.2) is 68.4 Å². The Hall–Kier alpha value is -1.39. The summed E-state index contributed by atoms with van der Waals surface area (Å²) >= 11 is 0. The first-order valence-corrected chi connectivity index (χ1v) is 10.1. The standard InChI is InChI=1S/C22H32N3O/c1-17(2)16-24-8-6-22(7-9-24)15-18-4-5-19(14-20(18)21(22)26)25-12-10-23(3)11-13-25/h4-5,14H,6-13,15-16H2,1-3H3. The number of likely N-dealkylation sites (tertiary alicyclic amines) is 1. The minimum Gasteiger partial charge on any atom is -0.369 e. The third-order valence-electron chi connectivity index (χ3n) is 6.57. The summed E-state index contributed by atoms with van der Waals surface area (Å²) in [4.78, 5) is 20.6. The van der Waals surface area contributed by atoms with Gasteiger partial charge < -0.3 is 14.7 Å². The monoisotopic (exact) mass is 354 g/mol. The second-order valence-electron chi connectivity index (χ2n) is 8.90. The van der Waals surface area contributed by atoms with E-state index in [9.17, 15) is 4.79 Å². The Morgan fingerprint density at radius 2 is 1.73 bits per heavy atom. The van der Waals surface area contributed by atoms with Gasteiger partial charge in [-0.2, -0.15) is 0 Å². The minimum absolute atomic E-state index is 0.124. The second kappa shape index (κ2) is 6.97. The third-order valence-corrected chi connectivity index (χ3v) is 6.57. The van der Waals surface area contributed by atoms with Crippen LogP contribution in [0.25, 0.3) is 0 Å². The highest BCUT2D eigenvalue weighted by Crippen LogP contribution is 2.45. The predicted octanol–water partition coefficient (Wildman–Crippen LogP) is 2.87. The third kappa shape index (κ3) is 3.29. The summed E-state index contributed by atoms with van der Waals surface area (Å²) in [7, 11) is 2.18. The largest absolute Gasteiger partial charge is 0.369 e. The fourth-order valence-corrected chi connectivity index (χ4v) is 4.91. The molecule has 0 aromatic heterocycles. The molecule has 4 rings (SSSR count). The summed E-state index contributed by atoms with van der Waals surface area (Å²) in [6.07, 6.45) is 2.97. The number of rotatable bonds is 3. The van der Waals surface area contributed by atoms with Gasteiger partial charge in [-0.3, -0.25) is 4.79 Å². The highest BCUT2D eigenvalue weighted by molar-refractivity contribution is 6.05. The van der Waals surface area contributed by atoms with Gasteiger partial charge in [0.25, 0.3) is 0 Å². The van der Waals surface area contributed by atoms with Crippen LogP contribution in [0, 0.1) is 11.3 Å². The van der Waals surface area contributed by atoms with Crippen molar-refractivity contribution in [2.75, 3.05) is 57.8 Å². The quantitative estimate of drug-likeness (QED) is 0.834. The fraction of sp³-hybridized carbons (Fsp3) is 0.636. The van der Waals surface area contributed by atoms with E-state index in [0.717, 1.165) is 70.6 Å². The summed E-state index contributed by atoms with van der Waals surface area (Å²) < 4.78 is 0. The number of hydrogen-bond donors (Lipinski definition) is 0. The van der Waals surface area contributed by atoms with Crippen LogP contribution in [0.2, 0.25) is 0 Å². The fourth-order valence-electron chi connectivity index (χ4n) is 4.91. The lowest BCUT2D eigenvalue weighted by molar-refractivity contribution is 0.0642. The average molecular weight is 355 g/mol. The Balaban J connectivity index is 1.48. The molecule has 141 valence electrons. The number of piperidine rings is 1. The zero-order valence-electron chi connectivity index (χ0n) is 16.6. The number of piperazine rings is 1. The highest BCUT2D eigenvalue weighted by atomic mass is 16.1. The molecule has 1 spiro atoms. The van der Waals surface area contributed by atoms with Crippen LogP contribution in [0.15, 0.2) is 18.2 Å². The zero-order chi connectivity index (χ0) is 18.3. The van der Waals surface area contributed by atoms with Gasteiger partial charge in [0, 0.05) is 49.4 Å². The number of likely N-dealkylation sites (N-methyl/N-ethyl adjacent to an activating group) is 1. The van der Waals surface area contributed by atoms with Gasteiger partial charge >= 0.3 is 0 Å². The van der Waals surface area contributed by atoms with E-state index in [4.69, 9.17) is 0 Å². The van der Waals surface area contributed by atoms with Crippen molar-refractivity contribution < 1.29 is 4.79 Å². The topological polar surface area (TPSA) is 26.8 Å². The Morgan fingerprint density at radius 3 is 2.38 bits per heavy atom. The Kier molecular flexibility index (Phi) is 4.83. The van der Waals surface area contributed by atoms with Gasteiger partial charge in [-0.15, -0.1) is 0 Å². The molecule has 2 saturated heterocycles. The van der Waals surface area contributed by atoms with Crippen molar-refractivity contribution in [3.8, 4) is 0 Å². The SMILES string of the molecule is C[C](C)CN1CCC2(CC1)Cc1ccc(N3CCN(C)CC3)cc1C2=O. The van der Waals surface area contributed by atoms with E-state index in [2.05, 4.69) is 53.8 Å². The molecule has 4 nitrogen and oxygen atoms in total. The van der Waals surface area contributed by atoms with E-state index in [1.807, 2.05) is 0 Å². The predicted molar refractivity (Wildman–Crippen MR) is 107 cm³/mol. The first-order chi connectivity index (χ1) is 12.5. The summed E-state index contributed by atoms with van der Waals surface area (Å²) in [5.74, 6) is 1.87. The van der Waals surface area contributed by atoms with Crippen molar-refractivity contribution in [2.24, 2.45) is 5.41 Å². The van der Waals surface area contributed by atoms with Crippen molar-refractivity contribution in [1.82, 2.24) is 9.80 Å². The number of benzene rings is 1. The maximum absolute atomic E-state index is 13.3. The first kappa shape index (κ1) is 18.0. The summed E-state index contributed by atoms with van der Waals surface area (Å²) in [5.41, 5.74) is 3.39. The van der Waals surface area contributed by atoms with Crippen LogP contribution in [-0.2, 0) is 6.42 Å². The van der Waals surface area contributed by atoms with Crippen LogP contribution >= 0.6 is 0 Å². The van der Waals surface area contributed by atoms with Gasteiger partial charge in [-0.05, 0) is 63.0 Å². The van der Waals surface area contributed by atoms with Crippen molar-refractivity contribution in [2.45, 2.75) is 33.1 Å². The summed E-state index contributed by atoms with van der Waals surface area (Å²) in [6, 6.07) is 6.65. The maximum Gasteiger partial charge on any atom is 0.169 e. The first-order valence-electron chi connectivity index (χ1n) is 10.1. The van der Waals surface area contributed by atoms with Crippen LogP contribution in [0.3, 0.4) is 0 Å². The number of carbonyl (C=O) groups excluding carboxylic acids is 1. The molecule has 2 heterocycles. The Morgan fingerprint density at radius 1 is 1.04 bits per heavy atom. The van der Waals surface area contributed by atoms with Gasteiger partial charge in [0.05, 0.1) is 0 Å². The van der Waals surface area contributed by atoms with Crippen molar-refractivity contribution in [1.29, 1.82) is 0 Å². The number of fused-ring (bicyclic) bond motifs is 1. The average Bonchev–Trinajstić information content (AvgIpc) is 2.89. The van der Waals surface area contributed by atoms with Gasteiger partial charge in [-0.1, -0.05) is 19.9 Å². The van der Waals surface area contributed by atoms with E-state index >= 15 is 0 Å². The second-order valence-corrected chi connectivity index (χ2v) is 8.90. The number of hydrogen-bond acceptors (Lipinski definition) is 4. The lowest BCUT2D eigenvalue weighted by Gasteiger charge is -2.38. The lowest BCUT2D eigenvalue weighted by Crippen LogP contribution is -2.44. The van der Waals surface area contributed by atoms with Crippen molar-refractivity contribution in [3.63, 3.8) is 0 Å². The summed E-state index contributed by atoms with van der Waals surface area (Å²) in [6.45, 7) is 11.9. The minimum atomic E-state index is -0.124. The van der Waals surface area contributed by atoms with Crippen molar-refractivity contribution >= 4 is 11.5 Å². The number of ketones is 1. The van der Waals surface area contributed by atoms with E-state index in [1.165, 1.54) is 17.2 Å². The molecule has 0 unspecified atom stereocenters. The molecular weight excluding hydrogens is 322 g/mol. The molecule has 0 saturated carbocycles. The number of Topliss-reactive ketones (excluding diaryl/α,β-unsaturated/α-hetero) is 1. The van der Waals surface area contributed by atoms with Crippen LogP contribution in [0.5, 0.6) is 0 Å². The molecule has 1 radical (unpaired) electrons. The van der Waals surface area contributed by atoms with E-state index in [0.29, 0.717) is 5.78 Å². The summed E-state index contributed by atoms with van der Waals surface area (Å²) in [5, 5.41) is 0. The van der Waals surface area contributed by atoms with E-state index < -0.39 is 0 Å². The van der Waals surface area contributed by atoms with E-state index in [-0.39, 0.29) is 5.41 Å². The van der Waals surface area contributed by atoms with Gasteiger partial charge in [0.1, 0.15) is 0 Å². The van der Waals surface area contributed by atoms with Crippen LogP contribution in [0.4, 0.5) is 5.69 Å². The number of carbonyl (C=O) groups is 1. The van der Waals surface area contributed by atoms with Crippen molar-refractivity contribution in [3.05, 3.63) is 35.2 Å². The Bertz CT molecular complexity index is 668. The molecule has 26 heavy (non-hydrogen) atoms. The Labute approximate surface area is 158 Å². The van der Waals surface area contributed by atoms with Crippen LogP contribution in [0.1, 0.15) is 42.6 Å². The molecule has 0 N–H and O–H groups in total. The molecule has 2 aliphatic heterocycles. The maximum atomic E-state index is 13.3. The van der Waals surface area contributed by atoms with Gasteiger partial charge in [0.2, 0.25) is 0 Å². The van der Waals surface area contributed by atoms with Crippen LogP contribution < -0.4 is 4.90 Å². The highest BCUT2D eigenvalue weighted by Gasteiger charge is 2.47. The molecule has 0 bridgehead atoms. The number of anilines is 1. The molecule has 3 aliphatic rings. The molecule has 1 aliphatic carbocycles. The van der Waals surface area contributed by atoms with Gasteiger partial charge in [0.15, 0.2) is 5.78 Å². The molecule has 4 heteroatoms. The lowest BCUT2D eigenvalue weighted by atomic mass is 9.75. The number of nitrogens with zero attached hydrogens (tertiary/aromatic N) is 3. The normalized spacial score (nSPS) is 23.8. The molecule has 0 amide bonds. The molecule has 2 fully saturated rings. The molecule has 1 aromatic carbocycles. The zero-order valence-corrected chi connectivity index (χ0v) is 16.6. The smallest absolute Gasteiger partial charge is 0.169 e.